The standard InChI is InChI=1S/C17H18N6O3/c1-5-11-25-19-15(6-2)13(3)18-26-12-14-9-7-8-10-16(14)23-17(24)22(4)20-21-23/h1,6-10H,2,11-12H2,3-4H3/b18-13+,19-15+. The Morgan fingerprint density at radius 3 is 2.77 bits per heavy atom. The summed E-state index contributed by atoms with van der Waals surface area (Å²) in [6.45, 7) is 5.50. The van der Waals surface area contributed by atoms with Crippen molar-refractivity contribution < 1.29 is 9.68 Å². The van der Waals surface area contributed by atoms with Crippen molar-refractivity contribution in [2.24, 2.45) is 17.4 Å². The molecule has 26 heavy (non-hydrogen) atoms. The van der Waals surface area contributed by atoms with E-state index in [0.717, 1.165) is 4.68 Å². The van der Waals surface area contributed by atoms with Gasteiger partial charge in [-0.3, -0.25) is 0 Å². The molecule has 0 spiro atoms. The zero-order valence-electron chi connectivity index (χ0n) is 14.5. The van der Waals surface area contributed by atoms with E-state index in [-0.39, 0.29) is 18.9 Å². The number of rotatable bonds is 8. The third kappa shape index (κ3) is 4.45. The molecule has 9 nitrogen and oxygen atoms in total. The second-order valence-electron chi connectivity index (χ2n) is 5.03. The van der Waals surface area contributed by atoms with Crippen LogP contribution in [0.15, 0.2) is 52.0 Å². The van der Waals surface area contributed by atoms with Gasteiger partial charge in [0.25, 0.3) is 0 Å². The minimum Gasteiger partial charge on any atom is -0.391 e. The number of allylic oxidation sites excluding steroid dienone is 1. The zero-order valence-corrected chi connectivity index (χ0v) is 14.5. The van der Waals surface area contributed by atoms with Gasteiger partial charge in [0.05, 0.1) is 5.69 Å². The van der Waals surface area contributed by atoms with E-state index in [1.54, 1.807) is 25.1 Å². The Balaban J connectivity index is 2.14. The summed E-state index contributed by atoms with van der Waals surface area (Å²) < 4.78 is 2.34. The fraction of sp³-hybridized carbons (Fsp3) is 0.235. The fourth-order valence-corrected chi connectivity index (χ4v) is 1.94. The number of oxime groups is 2. The molecule has 1 aromatic heterocycles. The number of hydrogen-bond acceptors (Lipinski definition) is 7. The monoisotopic (exact) mass is 354 g/mol. The van der Waals surface area contributed by atoms with Crippen LogP contribution in [-0.4, -0.2) is 37.8 Å². The SMILES string of the molecule is C#CCO/N=C(C=C)/C(C)=N/OCc1ccccc1-n1nnn(C)c1=O. The van der Waals surface area contributed by atoms with Crippen molar-refractivity contribution in [1.29, 1.82) is 0 Å². The Bertz CT molecular complexity index is 932. The van der Waals surface area contributed by atoms with Crippen LogP contribution in [0, 0.1) is 12.3 Å². The van der Waals surface area contributed by atoms with Gasteiger partial charge in [-0.25, -0.2) is 4.79 Å². The fourth-order valence-electron chi connectivity index (χ4n) is 1.94. The van der Waals surface area contributed by atoms with E-state index in [1.807, 2.05) is 6.07 Å². The van der Waals surface area contributed by atoms with Crippen LogP contribution >= 0.6 is 0 Å². The van der Waals surface area contributed by atoms with Gasteiger partial charge in [-0.05, 0) is 29.5 Å². The molecule has 2 aromatic rings. The summed E-state index contributed by atoms with van der Waals surface area (Å²) in [4.78, 5) is 22.3. The van der Waals surface area contributed by atoms with Crippen molar-refractivity contribution in [2.75, 3.05) is 6.61 Å². The van der Waals surface area contributed by atoms with Crippen molar-refractivity contribution >= 4 is 11.4 Å². The summed E-state index contributed by atoms with van der Waals surface area (Å²) in [6, 6.07) is 7.17. The van der Waals surface area contributed by atoms with Crippen molar-refractivity contribution in [3.8, 4) is 18.0 Å². The molecule has 0 aliphatic heterocycles. The van der Waals surface area contributed by atoms with Gasteiger partial charge < -0.3 is 9.68 Å². The second-order valence-corrected chi connectivity index (χ2v) is 5.03. The average molecular weight is 354 g/mol. The molecule has 1 aromatic carbocycles. The van der Waals surface area contributed by atoms with Crippen LogP contribution in [0.3, 0.4) is 0 Å². The normalized spacial score (nSPS) is 11.7. The van der Waals surface area contributed by atoms with E-state index >= 15 is 0 Å². The molecule has 0 atom stereocenters. The van der Waals surface area contributed by atoms with E-state index in [2.05, 4.69) is 33.2 Å². The Morgan fingerprint density at radius 2 is 2.12 bits per heavy atom. The van der Waals surface area contributed by atoms with Crippen LogP contribution in [-0.2, 0) is 23.3 Å². The van der Waals surface area contributed by atoms with Crippen LogP contribution in [0.25, 0.3) is 5.69 Å². The first-order chi connectivity index (χ1) is 12.6. The molecule has 0 aliphatic rings. The lowest BCUT2D eigenvalue weighted by molar-refractivity contribution is 0.130. The number of para-hydroxylation sites is 1. The predicted molar refractivity (Wildman–Crippen MR) is 96.9 cm³/mol. The molecule has 0 fully saturated rings. The largest absolute Gasteiger partial charge is 0.391 e. The highest BCUT2D eigenvalue weighted by Gasteiger charge is 2.11. The number of terminal acetylenes is 1. The van der Waals surface area contributed by atoms with Crippen molar-refractivity contribution in [3.63, 3.8) is 0 Å². The smallest absolute Gasteiger partial charge is 0.368 e. The van der Waals surface area contributed by atoms with Crippen LogP contribution in [0.1, 0.15) is 12.5 Å². The van der Waals surface area contributed by atoms with Gasteiger partial charge in [-0.15, -0.1) is 6.42 Å². The first-order valence-electron chi connectivity index (χ1n) is 7.58. The van der Waals surface area contributed by atoms with Crippen molar-refractivity contribution in [1.82, 2.24) is 19.8 Å². The number of nitrogens with zero attached hydrogens (tertiary/aromatic N) is 6. The van der Waals surface area contributed by atoms with E-state index in [0.29, 0.717) is 22.7 Å². The minimum atomic E-state index is -0.358. The molecule has 0 N–H and O–H groups in total. The number of aromatic nitrogens is 4. The number of aryl methyl sites for hydroxylation is 1. The lowest BCUT2D eigenvalue weighted by Crippen LogP contribution is -2.22. The number of benzene rings is 1. The van der Waals surface area contributed by atoms with Gasteiger partial charge in [0.2, 0.25) is 0 Å². The molecule has 0 radical (unpaired) electrons. The molecule has 1 heterocycles. The van der Waals surface area contributed by atoms with Gasteiger partial charge >= 0.3 is 5.69 Å². The molecule has 0 bridgehead atoms. The van der Waals surface area contributed by atoms with E-state index in [1.165, 1.54) is 17.8 Å². The van der Waals surface area contributed by atoms with Gasteiger partial charge in [-0.2, -0.15) is 9.36 Å². The first-order valence-corrected chi connectivity index (χ1v) is 7.58. The number of tetrazole rings is 1. The molecule has 134 valence electrons. The maximum atomic E-state index is 12.0. The molecule has 0 aliphatic carbocycles. The Morgan fingerprint density at radius 1 is 1.35 bits per heavy atom. The second kappa shape index (κ2) is 8.98. The van der Waals surface area contributed by atoms with Crippen molar-refractivity contribution in [2.45, 2.75) is 13.5 Å². The molecule has 0 saturated carbocycles. The van der Waals surface area contributed by atoms with Crippen LogP contribution in [0.4, 0.5) is 0 Å². The highest BCUT2D eigenvalue weighted by Crippen LogP contribution is 2.13. The first kappa shape index (κ1) is 18.7. The van der Waals surface area contributed by atoms with Gasteiger partial charge in [0, 0.05) is 12.6 Å². The van der Waals surface area contributed by atoms with Crippen LogP contribution in [0.2, 0.25) is 0 Å². The average Bonchev–Trinajstić information content (AvgIpc) is 2.98. The van der Waals surface area contributed by atoms with Gasteiger partial charge in [0.1, 0.15) is 18.0 Å². The third-order valence-corrected chi connectivity index (χ3v) is 3.24. The lowest BCUT2D eigenvalue weighted by atomic mass is 10.2. The molecule has 9 heteroatoms. The lowest BCUT2D eigenvalue weighted by Gasteiger charge is -2.07. The zero-order chi connectivity index (χ0) is 18.9. The predicted octanol–water partition coefficient (Wildman–Crippen LogP) is 1.05. The van der Waals surface area contributed by atoms with E-state index in [4.69, 9.17) is 16.1 Å². The molecule has 2 rings (SSSR count). The van der Waals surface area contributed by atoms with E-state index in [9.17, 15) is 4.79 Å². The maximum absolute atomic E-state index is 12.0. The topological polar surface area (TPSA) is 95.9 Å². The highest BCUT2D eigenvalue weighted by atomic mass is 16.6. The van der Waals surface area contributed by atoms with Gasteiger partial charge in [0.15, 0.2) is 6.61 Å². The Labute approximate surface area is 150 Å². The summed E-state index contributed by atoms with van der Waals surface area (Å²) in [7, 11) is 1.52. The van der Waals surface area contributed by atoms with Crippen LogP contribution in [0.5, 0.6) is 0 Å². The summed E-state index contributed by atoms with van der Waals surface area (Å²) in [6.07, 6.45) is 6.57. The van der Waals surface area contributed by atoms with Crippen LogP contribution < -0.4 is 5.69 Å². The summed E-state index contributed by atoms with van der Waals surface area (Å²) in [5.41, 5.74) is 1.79. The molecular formula is C17H18N6O3. The quantitative estimate of drug-likeness (QED) is 0.306. The highest BCUT2D eigenvalue weighted by molar-refractivity contribution is 6.45. The molecule has 0 saturated heterocycles. The minimum absolute atomic E-state index is 0.0473. The van der Waals surface area contributed by atoms with Gasteiger partial charge in [-0.1, -0.05) is 41.0 Å². The summed E-state index contributed by atoms with van der Waals surface area (Å²) in [5.74, 6) is 2.30. The Kier molecular flexibility index (Phi) is 6.45. The molecular weight excluding hydrogens is 336 g/mol. The summed E-state index contributed by atoms with van der Waals surface area (Å²) in [5, 5.41) is 15.3. The Hall–Kier alpha value is -3.67. The molecule has 0 unspecified atom stereocenters. The summed E-state index contributed by atoms with van der Waals surface area (Å²) >= 11 is 0. The maximum Gasteiger partial charge on any atom is 0.368 e. The molecule has 0 amide bonds. The van der Waals surface area contributed by atoms with Crippen molar-refractivity contribution in [3.05, 3.63) is 53.0 Å². The van der Waals surface area contributed by atoms with E-state index < -0.39 is 0 Å². The third-order valence-electron chi connectivity index (χ3n) is 3.24. The number of hydrogen-bond donors (Lipinski definition) is 0.